The normalized spacial score (nSPS) is 10.7. The number of aromatic amines is 1. The Kier molecular flexibility index (Phi) is 3.28. The molecule has 2 rings (SSSR count). The molecule has 0 aliphatic rings. The topological polar surface area (TPSA) is 83.8 Å². The molecule has 0 aliphatic heterocycles. The third-order valence-electron chi connectivity index (χ3n) is 2.24. The van der Waals surface area contributed by atoms with Gasteiger partial charge in [-0.1, -0.05) is 6.92 Å². The van der Waals surface area contributed by atoms with Crippen molar-refractivity contribution in [3.05, 3.63) is 27.1 Å². The fraction of sp³-hybridized carbons (Fsp3) is 0.300. The maximum atomic E-state index is 11.5. The summed E-state index contributed by atoms with van der Waals surface area (Å²) in [4.78, 5) is 18.0. The van der Waals surface area contributed by atoms with E-state index in [-0.39, 0.29) is 10.4 Å². The van der Waals surface area contributed by atoms with Gasteiger partial charge in [0, 0.05) is 12.7 Å². The van der Waals surface area contributed by atoms with E-state index in [0.717, 1.165) is 13.0 Å². The molecule has 0 amide bonds. The van der Waals surface area contributed by atoms with Crippen molar-refractivity contribution < 1.29 is 5.11 Å². The fourth-order valence-electron chi connectivity index (χ4n) is 1.49. The van der Waals surface area contributed by atoms with Crippen molar-refractivity contribution in [2.75, 3.05) is 0 Å². The highest BCUT2D eigenvalue weighted by atomic mass is 79.9. The van der Waals surface area contributed by atoms with Gasteiger partial charge >= 0.3 is 0 Å². The van der Waals surface area contributed by atoms with Crippen LogP contribution in [0.15, 0.2) is 21.5 Å². The third-order valence-corrected chi connectivity index (χ3v) is 2.95. The number of nitrogens with zero attached hydrogens (tertiary/aromatic N) is 3. The first-order valence-electron chi connectivity index (χ1n) is 5.14. The maximum Gasteiger partial charge on any atom is 0.269 e. The van der Waals surface area contributed by atoms with Gasteiger partial charge in [0.05, 0.1) is 0 Å². The van der Waals surface area contributed by atoms with Crippen molar-refractivity contribution in [2.24, 2.45) is 0 Å². The van der Waals surface area contributed by atoms with Gasteiger partial charge in [-0.3, -0.25) is 9.48 Å². The van der Waals surface area contributed by atoms with Gasteiger partial charge in [0.1, 0.15) is 10.2 Å². The number of halogens is 1. The number of aromatic nitrogens is 4. The van der Waals surface area contributed by atoms with Gasteiger partial charge in [-0.2, -0.15) is 10.1 Å². The minimum atomic E-state index is -0.420. The van der Waals surface area contributed by atoms with Crippen molar-refractivity contribution in [3.8, 4) is 17.4 Å². The molecule has 0 saturated carbocycles. The zero-order valence-electron chi connectivity index (χ0n) is 9.14. The molecule has 2 heterocycles. The summed E-state index contributed by atoms with van der Waals surface area (Å²) in [6, 6.07) is 1.74. The summed E-state index contributed by atoms with van der Waals surface area (Å²) in [6.45, 7) is 2.75. The van der Waals surface area contributed by atoms with Crippen LogP contribution in [-0.4, -0.2) is 24.9 Å². The van der Waals surface area contributed by atoms with E-state index in [1.807, 2.05) is 6.92 Å². The van der Waals surface area contributed by atoms with Gasteiger partial charge in [-0.25, -0.2) is 0 Å². The van der Waals surface area contributed by atoms with Crippen LogP contribution in [0.25, 0.3) is 11.5 Å². The van der Waals surface area contributed by atoms with Gasteiger partial charge in [0.2, 0.25) is 5.88 Å². The van der Waals surface area contributed by atoms with Gasteiger partial charge < -0.3 is 10.1 Å². The van der Waals surface area contributed by atoms with Crippen LogP contribution in [0.2, 0.25) is 0 Å². The first kappa shape index (κ1) is 11.8. The minimum Gasteiger partial charge on any atom is -0.492 e. The standard InChI is InChI=1S/C10H11BrN4O2/c1-2-5-15-6(3-4-12-15)8-13-9(16)7(11)10(17)14-8/h3-4H,2,5H2,1H3,(H2,13,14,16,17). The van der Waals surface area contributed by atoms with Crippen LogP contribution in [0.1, 0.15) is 13.3 Å². The van der Waals surface area contributed by atoms with E-state index < -0.39 is 5.56 Å². The molecule has 0 unspecified atom stereocenters. The Morgan fingerprint density at radius 2 is 2.35 bits per heavy atom. The summed E-state index contributed by atoms with van der Waals surface area (Å²) in [5.41, 5.74) is 0.253. The molecule has 0 radical (unpaired) electrons. The van der Waals surface area contributed by atoms with Crippen LogP contribution >= 0.6 is 15.9 Å². The summed E-state index contributed by atoms with van der Waals surface area (Å²) in [5.74, 6) is -0.0188. The van der Waals surface area contributed by atoms with Crippen LogP contribution in [0.5, 0.6) is 5.88 Å². The van der Waals surface area contributed by atoms with Crippen LogP contribution < -0.4 is 5.56 Å². The van der Waals surface area contributed by atoms with Crippen LogP contribution in [-0.2, 0) is 6.54 Å². The number of rotatable bonds is 3. The Morgan fingerprint density at radius 1 is 1.59 bits per heavy atom. The average molecular weight is 299 g/mol. The Morgan fingerprint density at radius 3 is 3.00 bits per heavy atom. The first-order chi connectivity index (χ1) is 8.13. The summed E-state index contributed by atoms with van der Waals surface area (Å²) >= 11 is 2.95. The minimum absolute atomic E-state index is 0.0304. The average Bonchev–Trinajstić information content (AvgIpc) is 2.74. The Balaban J connectivity index is 2.53. The summed E-state index contributed by atoms with van der Waals surface area (Å²) < 4.78 is 1.76. The third kappa shape index (κ3) is 2.23. The highest BCUT2D eigenvalue weighted by molar-refractivity contribution is 9.10. The Bertz CT molecular complexity index is 590. The zero-order valence-corrected chi connectivity index (χ0v) is 10.7. The van der Waals surface area contributed by atoms with E-state index in [1.54, 1.807) is 16.9 Å². The summed E-state index contributed by atoms with van der Waals surface area (Å²) in [5, 5.41) is 13.6. The summed E-state index contributed by atoms with van der Waals surface area (Å²) in [6.07, 6.45) is 2.55. The Hall–Kier alpha value is -1.63. The lowest BCUT2D eigenvalue weighted by Gasteiger charge is -2.05. The van der Waals surface area contributed by atoms with E-state index in [0.29, 0.717) is 11.5 Å². The quantitative estimate of drug-likeness (QED) is 0.900. The lowest BCUT2D eigenvalue weighted by Crippen LogP contribution is -2.12. The molecule has 0 aliphatic carbocycles. The molecule has 0 fully saturated rings. The number of H-pyrrole nitrogens is 1. The fourth-order valence-corrected chi connectivity index (χ4v) is 1.68. The van der Waals surface area contributed by atoms with Gasteiger partial charge in [0.15, 0.2) is 5.82 Å². The van der Waals surface area contributed by atoms with Crippen molar-refractivity contribution >= 4 is 15.9 Å². The summed E-state index contributed by atoms with van der Waals surface area (Å²) in [7, 11) is 0. The number of aromatic hydroxyl groups is 1. The monoisotopic (exact) mass is 298 g/mol. The molecule has 2 aromatic heterocycles. The molecule has 0 bridgehead atoms. The van der Waals surface area contributed by atoms with E-state index in [1.165, 1.54) is 0 Å². The second kappa shape index (κ2) is 4.70. The number of hydrogen-bond acceptors (Lipinski definition) is 4. The molecule has 0 aromatic carbocycles. The van der Waals surface area contributed by atoms with Crippen molar-refractivity contribution in [3.63, 3.8) is 0 Å². The van der Waals surface area contributed by atoms with Crippen molar-refractivity contribution in [1.29, 1.82) is 0 Å². The first-order valence-corrected chi connectivity index (χ1v) is 5.93. The van der Waals surface area contributed by atoms with Crippen LogP contribution in [0.3, 0.4) is 0 Å². The van der Waals surface area contributed by atoms with Gasteiger partial charge in [-0.15, -0.1) is 0 Å². The van der Waals surface area contributed by atoms with E-state index in [2.05, 4.69) is 31.0 Å². The molecule has 90 valence electrons. The molecule has 0 saturated heterocycles. The molecule has 0 atom stereocenters. The molecule has 7 heteroatoms. The molecule has 2 aromatic rings. The lowest BCUT2D eigenvalue weighted by molar-refractivity contribution is 0.447. The van der Waals surface area contributed by atoms with Gasteiger partial charge in [-0.05, 0) is 28.4 Å². The zero-order chi connectivity index (χ0) is 12.4. The highest BCUT2D eigenvalue weighted by Gasteiger charge is 2.12. The van der Waals surface area contributed by atoms with E-state index >= 15 is 0 Å². The molecule has 6 nitrogen and oxygen atoms in total. The molecular formula is C10H11BrN4O2. The van der Waals surface area contributed by atoms with Crippen LogP contribution in [0.4, 0.5) is 0 Å². The van der Waals surface area contributed by atoms with Crippen LogP contribution in [0, 0.1) is 0 Å². The molecule has 17 heavy (non-hydrogen) atoms. The number of nitrogens with one attached hydrogen (secondary N) is 1. The largest absolute Gasteiger partial charge is 0.492 e. The molecule has 2 N–H and O–H groups in total. The lowest BCUT2D eigenvalue weighted by atomic mass is 10.3. The predicted octanol–water partition coefficient (Wildman–Crippen LogP) is 1.51. The smallest absolute Gasteiger partial charge is 0.269 e. The highest BCUT2D eigenvalue weighted by Crippen LogP contribution is 2.20. The SMILES string of the molecule is CCCn1nccc1-c1nc(O)c(Br)c(=O)[nH]1. The molecular weight excluding hydrogens is 288 g/mol. The van der Waals surface area contributed by atoms with Gasteiger partial charge in [0.25, 0.3) is 5.56 Å². The van der Waals surface area contributed by atoms with Crippen molar-refractivity contribution in [2.45, 2.75) is 19.9 Å². The second-order valence-electron chi connectivity index (χ2n) is 3.49. The van der Waals surface area contributed by atoms with Crippen molar-refractivity contribution in [1.82, 2.24) is 19.7 Å². The molecule has 0 spiro atoms. The number of aryl methyl sites for hydroxylation is 1. The number of hydrogen-bond donors (Lipinski definition) is 2. The van der Waals surface area contributed by atoms with E-state index in [9.17, 15) is 9.90 Å². The maximum absolute atomic E-state index is 11.5. The van der Waals surface area contributed by atoms with E-state index in [4.69, 9.17) is 0 Å². The predicted molar refractivity (Wildman–Crippen MR) is 65.7 cm³/mol. The Labute approximate surface area is 105 Å². The second-order valence-corrected chi connectivity index (χ2v) is 4.28.